The Morgan fingerprint density at radius 3 is 2.33 bits per heavy atom. The molecule has 0 atom stereocenters. The Balaban J connectivity index is 1.65. The van der Waals surface area contributed by atoms with E-state index in [4.69, 9.17) is 0 Å². The standard InChI is InChI=1S/C19H14INO2S/c20-15-5-8-17(9-6-15)24(22,23)21-16-7-10-19-14(12-16)11-13-3-1-2-4-18(13)19/h1-10,12,21H,11H2. The van der Waals surface area contributed by atoms with Gasteiger partial charge in [-0.05, 0) is 87.7 Å². The minimum atomic E-state index is -3.57. The van der Waals surface area contributed by atoms with E-state index in [2.05, 4.69) is 39.4 Å². The Hall–Kier alpha value is -1.86. The highest BCUT2D eigenvalue weighted by molar-refractivity contribution is 14.1. The van der Waals surface area contributed by atoms with Gasteiger partial charge in [-0.1, -0.05) is 30.3 Å². The van der Waals surface area contributed by atoms with Gasteiger partial charge in [-0.2, -0.15) is 0 Å². The maximum absolute atomic E-state index is 12.5. The summed E-state index contributed by atoms with van der Waals surface area (Å²) in [4.78, 5) is 0.270. The SMILES string of the molecule is O=S(=O)(Nc1ccc2c(c1)Cc1ccccc1-2)c1ccc(I)cc1. The molecule has 0 spiro atoms. The number of nitrogens with one attached hydrogen (secondary N) is 1. The molecule has 0 fully saturated rings. The van der Waals surface area contributed by atoms with Crippen LogP contribution >= 0.6 is 22.6 Å². The van der Waals surface area contributed by atoms with E-state index in [1.165, 1.54) is 16.7 Å². The summed E-state index contributed by atoms with van der Waals surface area (Å²) in [6, 6.07) is 20.8. The van der Waals surface area contributed by atoms with E-state index in [1.807, 2.05) is 30.3 Å². The number of rotatable bonds is 3. The van der Waals surface area contributed by atoms with Crippen LogP contribution in [-0.4, -0.2) is 8.42 Å². The van der Waals surface area contributed by atoms with Crippen molar-refractivity contribution < 1.29 is 8.42 Å². The second-order valence-electron chi connectivity index (χ2n) is 5.77. The van der Waals surface area contributed by atoms with Crippen LogP contribution in [0.15, 0.2) is 71.6 Å². The first-order chi connectivity index (χ1) is 11.5. The van der Waals surface area contributed by atoms with Crippen LogP contribution in [0.1, 0.15) is 11.1 Å². The Kier molecular flexibility index (Phi) is 3.85. The molecule has 24 heavy (non-hydrogen) atoms. The topological polar surface area (TPSA) is 46.2 Å². The number of fused-ring (bicyclic) bond motifs is 3. The maximum atomic E-state index is 12.5. The van der Waals surface area contributed by atoms with E-state index in [0.717, 1.165) is 15.6 Å². The number of hydrogen-bond donors (Lipinski definition) is 1. The predicted octanol–water partition coefficient (Wildman–Crippen LogP) is 4.66. The molecular formula is C19H14INO2S. The fourth-order valence-electron chi connectivity index (χ4n) is 3.04. The second-order valence-corrected chi connectivity index (χ2v) is 8.69. The number of benzene rings is 3. The van der Waals surface area contributed by atoms with E-state index >= 15 is 0 Å². The quantitative estimate of drug-likeness (QED) is 0.465. The molecular weight excluding hydrogens is 433 g/mol. The largest absolute Gasteiger partial charge is 0.280 e. The molecule has 0 amide bonds. The minimum absolute atomic E-state index is 0.270. The summed E-state index contributed by atoms with van der Waals surface area (Å²) in [6.07, 6.45) is 0.838. The smallest absolute Gasteiger partial charge is 0.261 e. The average Bonchev–Trinajstić information content (AvgIpc) is 2.92. The molecule has 0 heterocycles. The van der Waals surface area contributed by atoms with Gasteiger partial charge in [-0.25, -0.2) is 8.42 Å². The van der Waals surface area contributed by atoms with Crippen molar-refractivity contribution in [3.05, 3.63) is 81.4 Å². The fraction of sp³-hybridized carbons (Fsp3) is 0.0526. The van der Waals surface area contributed by atoms with Crippen LogP contribution in [0, 0.1) is 3.57 Å². The summed E-state index contributed by atoms with van der Waals surface area (Å²) < 4.78 is 28.7. The van der Waals surface area contributed by atoms with E-state index < -0.39 is 10.0 Å². The Labute approximate surface area is 154 Å². The minimum Gasteiger partial charge on any atom is -0.280 e. The third-order valence-corrected chi connectivity index (χ3v) is 6.29. The van der Waals surface area contributed by atoms with E-state index in [9.17, 15) is 8.42 Å². The maximum Gasteiger partial charge on any atom is 0.261 e. The monoisotopic (exact) mass is 447 g/mol. The van der Waals surface area contributed by atoms with Gasteiger partial charge in [0.2, 0.25) is 0 Å². The summed E-state index contributed by atoms with van der Waals surface area (Å²) in [5, 5.41) is 0. The summed E-state index contributed by atoms with van der Waals surface area (Å²) >= 11 is 2.15. The zero-order chi connectivity index (χ0) is 16.7. The first kappa shape index (κ1) is 15.7. The van der Waals surface area contributed by atoms with Gasteiger partial charge in [-0.15, -0.1) is 0 Å². The Morgan fingerprint density at radius 1 is 0.833 bits per heavy atom. The van der Waals surface area contributed by atoms with Gasteiger partial charge in [0.25, 0.3) is 10.0 Å². The molecule has 0 aliphatic heterocycles. The van der Waals surface area contributed by atoms with Crippen molar-refractivity contribution in [3.63, 3.8) is 0 Å². The molecule has 0 aromatic heterocycles. The molecule has 5 heteroatoms. The van der Waals surface area contributed by atoms with Crippen molar-refractivity contribution in [3.8, 4) is 11.1 Å². The Bertz CT molecular complexity index is 1030. The summed E-state index contributed by atoms with van der Waals surface area (Å²) in [5.41, 5.74) is 5.45. The molecule has 1 N–H and O–H groups in total. The molecule has 3 aromatic rings. The van der Waals surface area contributed by atoms with E-state index in [-0.39, 0.29) is 4.90 Å². The lowest BCUT2D eigenvalue weighted by Crippen LogP contribution is -2.13. The van der Waals surface area contributed by atoms with Crippen LogP contribution in [0.25, 0.3) is 11.1 Å². The number of hydrogen-bond acceptors (Lipinski definition) is 2. The van der Waals surface area contributed by atoms with Crippen LogP contribution in [0.2, 0.25) is 0 Å². The van der Waals surface area contributed by atoms with Gasteiger partial charge in [0.05, 0.1) is 4.90 Å². The fourth-order valence-corrected chi connectivity index (χ4v) is 4.45. The molecule has 120 valence electrons. The molecule has 1 aliphatic rings. The molecule has 4 rings (SSSR count). The van der Waals surface area contributed by atoms with Crippen molar-refractivity contribution in [2.45, 2.75) is 11.3 Å². The lowest BCUT2D eigenvalue weighted by Gasteiger charge is -2.10. The third kappa shape index (κ3) is 2.82. The van der Waals surface area contributed by atoms with Crippen molar-refractivity contribution >= 4 is 38.3 Å². The third-order valence-electron chi connectivity index (χ3n) is 4.17. The predicted molar refractivity (Wildman–Crippen MR) is 105 cm³/mol. The lowest BCUT2D eigenvalue weighted by atomic mass is 10.1. The zero-order valence-corrected chi connectivity index (χ0v) is 15.6. The lowest BCUT2D eigenvalue weighted by molar-refractivity contribution is 0.601. The highest BCUT2D eigenvalue weighted by atomic mass is 127. The van der Waals surface area contributed by atoms with Gasteiger partial charge < -0.3 is 0 Å². The molecule has 1 aliphatic carbocycles. The normalized spacial score (nSPS) is 12.5. The highest BCUT2D eigenvalue weighted by Gasteiger charge is 2.19. The van der Waals surface area contributed by atoms with Crippen LogP contribution in [0.4, 0.5) is 5.69 Å². The number of anilines is 1. The molecule has 0 unspecified atom stereocenters. The molecule has 3 aromatic carbocycles. The van der Waals surface area contributed by atoms with Gasteiger partial charge >= 0.3 is 0 Å². The summed E-state index contributed by atoms with van der Waals surface area (Å²) in [5.74, 6) is 0. The van der Waals surface area contributed by atoms with Gasteiger partial charge in [0.15, 0.2) is 0 Å². The summed E-state index contributed by atoms with van der Waals surface area (Å²) in [6.45, 7) is 0. The van der Waals surface area contributed by atoms with Crippen molar-refractivity contribution in [2.75, 3.05) is 4.72 Å². The van der Waals surface area contributed by atoms with Gasteiger partial charge in [-0.3, -0.25) is 4.72 Å². The molecule has 0 saturated heterocycles. The second kappa shape index (κ2) is 5.89. The zero-order valence-electron chi connectivity index (χ0n) is 12.7. The van der Waals surface area contributed by atoms with Crippen LogP contribution < -0.4 is 4.72 Å². The first-order valence-electron chi connectivity index (χ1n) is 7.52. The number of sulfonamides is 1. The van der Waals surface area contributed by atoms with Gasteiger partial charge in [0.1, 0.15) is 0 Å². The van der Waals surface area contributed by atoms with E-state index in [0.29, 0.717) is 5.69 Å². The van der Waals surface area contributed by atoms with Crippen LogP contribution in [0.5, 0.6) is 0 Å². The molecule has 0 bridgehead atoms. The number of halogens is 1. The molecule has 3 nitrogen and oxygen atoms in total. The molecule has 0 saturated carbocycles. The van der Waals surface area contributed by atoms with Crippen molar-refractivity contribution in [1.29, 1.82) is 0 Å². The van der Waals surface area contributed by atoms with Gasteiger partial charge in [0, 0.05) is 9.26 Å². The highest BCUT2D eigenvalue weighted by Crippen LogP contribution is 2.37. The van der Waals surface area contributed by atoms with Crippen molar-refractivity contribution in [2.24, 2.45) is 0 Å². The molecule has 0 radical (unpaired) electrons. The average molecular weight is 447 g/mol. The van der Waals surface area contributed by atoms with Crippen LogP contribution in [0.3, 0.4) is 0 Å². The van der Waals surface area contributed by atoms with Crippen molar-refractivity contribution in [1.82, 2.24) is 0 Å². The van der Waals surface area contributed by atoms with Crippen LogP contribution in [-0.2, 0) is 16.4 Å². The Morgan fingerprint density at radius 2 is 1.54 bits per heavy atom. The first-order valence-corrected chi connectivity index (χ1v) is 10.1. The van der Waals surface area contributed by atoms with E-state index in [1.54, 1.807) is 24.3 Å². The summed E-state index contributed by atoms with van der Waals surface area (Å²) in [7, 11) is -3.57.